The number of nitrogens with one attached hydrogen (secondary N) is 1. The zero-order valence-corrected chi connectivity index (χ0v) is 15.5. The van der Waals surface area contributed by atoms with Gasteiger partial charge >= 0.3 is 0 Å². The number of hydrogen-bond acceptors (Lipinski definition) is 5. The fraction of sp³-hybridized carbons (Fsp3) is 0.100. The molecule has 3 heterocycles. The molecule has 4 rings (SSSR count). The van der Waals surface area contributed by atoms with Gasteiger partial charge in [0, 0.05) is 22.9 Å². The second kappa shape index (κ2) is 7.76. The fourth-order valence-electron chi connectivity index (χ4n) is 2.67. The van der Waals surface area contributed by atoms with E-state index in [4.69, 9.17) is 4.42 Å². The molecule has 26 heavy (non-hydrogen) atoms. The number of hydrogen-bond donors (Lipinski definition) is 1. The Morgan fingerprint density at radius 2 is 2.00 bits per heavy atom. The number of pyridine rings is 1. The Bertz CT molecular complexity index is 1010. The number of furan rings is 1. The van der Waals surface area contributed by atoms with Crippen LogP contribution >= 0.6 is 23.1 Å². The molecule has 0 unspecified atom stereocenters. The van der Waals surface area contributed by atoms with Crippen LogP contribution in [-0.2, 0) is 12.3 Å². The molecule has 0 fully saturated rings. The molecular weight excluding hydrogens is 364 g/mol. The molecule has 0 radical (unpaired) electrons. The Labute approximate surface area is 159 Å². The Kier molecular flexibility index (Phi) is 5.04. The minimum atomic E-state index is -0.214. The molecule has 4 nitrogen and oxygen atoms in total. The monoisotopic (exact) mass is 380 g/mol. The highest BCUT2D eigenvalue weighted by molar-refractivity contribution is 8.00. The maximum atomic E-state index is 12.7. The first-order valence-corrected chi connectivity index (χ1v) is 10.0. The molecule has 1 aromatic carbocycles. The van der Waals surface area contributed by atoms with E-state index in [9.17, 15) is 4.79 Å². The first kappa shape index (κ1) is 16.9. The molecule has 130 valence electrons. The third-order valence-electron chi connectivity index (χ3n) is 3.91. The van der Waals surface area contributed by atoms with Crippen LogP contribution in [0.15, 0.2) is 74.8 Å². The van der Waals surface area contributed by atoms with Gasteiger partial charge in [0.1, 0.15) is 5.58 Å². The summed E-state index contributed by atoms with van der Waals surface area (Å²) in [5, 5.41) is 5.95. The molecule has 0 saturated heterocycles. The van der Waals surface area contributed by atoms with Crippen LogP contribution in [0.4, 0.5) is 0 Å². The summed E-state index contributed by atoms with van der Waals surface area (Å²) in [6.07, 6.45) is 1.71. The van der Waals surface area contributed by atoms with Crippen LogP contribution in [0.2, 0.25) is 0 Å². The summed E-state index contributed by atoms with van der Waals surface area (Å²) < 4.78 is 7.09. The van der Waals surface area contributed by atoms with E-state index < -0.39 is 0 Å². The third-order valence-corrected chi connectivity index (χ3v) is 6.07. The van der Waals surface area contributed by atoms with Crippen molar-refractivity contribution in [2.24, 2.45) is 0 Å². The number of amides is 1. The van der Waals surface area contributed by atoms with E-state index in [-0.39, 0.29) is 5.91 Å². The van der Waals surface area contributed by atoms with Crippen LogP contribution in [0.1, 0.15) is 21.8 Å². The van der Waals surface area contributed by atoms with Crippen LogP contribution in [0.5, 0.6) is 0 Å². The molecule has 0 aliphatic carbocycles. The maximum Gasteiger partial charge on any atom is 0.287 e. The highest BCUT2D eigenvalue weighted by atomic mass is 32.2. The van der Waals surface area contributed by atoms with E-state index >= 15 is 0 Å². The molecule has 0 spiro atoms. The second-order valence-corrected chi connectivity index (χ2v) is 7.85. The summed E-state index contributed by atoms with van der Waals surface area (Å²) in [6.45, 7) is 0.369. The van der Waals surface area contributed by atoms with Gasteiger partial charge in [0.25, 0.3) is 5.91 Å². The van der Waals surface area contributed by atoms with Crippen molar-refractivity contribution in [3.63, 3.8) is 0 Å². The summed E-state index contributed by atoms with van der Waals surface area (Å²) >= 11 is 3.41. The lowest BCUT2D eigenvalue weighted by atomic mass is 10.1. The lowest BCUT2D eigenvalue weighted by Crippen LogP contribution is -2.23. The average Bonchev–Trinajstić information content (AvgIpc) is 3.33. The number of para-hydroxylation sites is 1. The molecule has 1 N–H and O–H groups in total. The SMILES string of the molecule is O=C(NCc1ccccn1)c1oc2ccccc2c1CSc1cccs1. The van der Waals surface area contributed by atoms with E-state index in [0.29, 0.717) is 18.1 Å². The number of fused-ring (bicyclic) bond motifs is 1. The molecule has 0 aliphatic heterocycles. The number of nitrogens with zero attached hydrogens (tertiary/aromatic N) is 1. The van der Waals surface area contributed by atoms with Crippen molar-refractivity contribution in [1.29, 1.82) is 0 Å². The van der Waals surface area contributed by atoms with Crippen LogP contribution in [0.25, 0.3) is 11.0 Å². The van der Waals surface area contributed by atoms with Gasteiger partial charge in [-0.2, -0.15) is 0 Å². The Morgan fingerprint density at radius 1 is 1.12 bits per heavy atom. The molecule has 3 aromatic heterocycles. The first-order valence-electron chi connectivity index (χ1n) is 8.16. The number of benzene rings is 1. The third kappa shape index (κ3) is 3.66. The predicted octanol–water partition coefficient (Wildman–Crippen LogP) is 5.11. The highest BCUT2D eigenvalue weighted by Crippen LogP contribution is 2.33. The second-order valence-electron chi connectivity index (χ2n) is 5.63. The number of carbonyl (C=O) groups is 1. The van der Waals surface area contributed by atoms with Gasteiger partial charge in [-0.05, 0) is 29.6 Å². The van der Waals surface area contributed by atoms with Crippen molar-refractivity contribution in [1.82, 2.24) is 10.3 Å². The van der Waals surface area contributed by atoms with Gasteiger partial charge in [0.05, 0.1) is 16.4 Å². The van der Waals surface area contributed by atoms with E-state index in [1.165, 1.54) is 4.21 Å². The van der Waals surface area contributed by atoms with Gasteiger partial charge in [-0.15, -0.1) is 23.1 Å². The molecule has 0 bridgehead atoms. The number of aromatic nitrogens is 1. The Balaban J connectivity index is 1.58. The molecule has 1 amide bonds. The van der Waals surface area contributed by atoms with Crippen LogP contribution in [0, 0.1) is 0 Å². The smallest absolute Gasteiger partial charge is 0.287 e. The molecule has 4 aromatic rings. The van der Waals surface area contributed by atoms with Gasteiger partial charge in [0.15, 0.2) is 5.76 Å². The molecule has 0 atom stereocenters. The Morgan fingerprint density at radius 3 is 2.81 bits per heavy atom. The minimum absolute atomic E-state index is 0.214. The average molecular weight is 380 g/mol. The van der Waals surface area contributed by atoms with E-state index in [1.54, 1.807) is 29.3 Å². The van der Waals surface area contributed by atoms with Gasteiger partial charge in [-0.25, -0.2) is 0 Å². The highest BCUT2D eigenvalue weighted by Gasteiger charge is 2.20. The first-order chi connectivity index (χ1) is 12.8. The van der Waals surface area contributed by atoms with Crippen molar-refractivity contribution in [3.8, 4) is 0 Å². The van der Waals surface area contributed by atoms with Gasteiger partial charge in [-0.3, -0.25) is 9.78 Å². The lowest BCUT2D eigenvalue weighted by Gasteiger charge is -2.05. The normalized spacial score (nSPS) is 10.9. The number of thioether (sulfide) groups is 1. The van der Waals surface area contributed by atoms with Crippen molar-refractivity contribution in [2.75, 3.05) is 0 Å². The predicted molar refractivity (Wildman–Crippen MR) is 106 cm³/mol. The lowest BCUT2D eigenvalue weighted by molar-refractivity contribution is 0.0924. The summed E-state index contributed by atoms with van der Waals surface area (Å²) in [7, 11) is 0. The zero-order valence-electron chi connectivity index (χ0n) is 13.8. The number of carbonyl (C=O) groups excluding carboxylic acids is 1. The van der Waals surface area contributed by atoms with E-state index in [0.717, 1.165) is 22.2 Å². The number of thiophene rings is 1. The molecule has 0 saturated carbocycles. The molecule has 0 aliphatic rings. The standard InChI is InChI=1S/C20H16N2O2S2/c23-20(22-12-14-6-3-4-10-21-14)19-16(13-26-18-9-5-11-25-18)15-7-1-2-8-17(15)24-19/h1-11H,12-13H2,(H,22,23). The van der Waals surface area contributed by atoms with Crippen molar-refractivity contribution in [3.05, 3.63) is 83.2 Å². The van der Waals surface area contributed by atoms with Crippen LogP contribution in [0.3, 0.4) is 0 Å². The van der Waals surface area contributed by atoms with Crippen molar-refractivity contribution >= 4 is 40.0 Å². The van der Waals surface area contributed by atoms with Crippen LogP contribution < -0.4 is 5.32 Å². The quantitative estimate of drug-likeness (QED) is 0.472. The summed E-state index contributed by atoms with van der Waals surface area (Å²) in [6, 6.07) is 17.5. The fourth-order valence-corrected chi connectivity index (χ4v) is 4.48. The summed E-state index contributed by atoms with van der Waals surface area (Å²) in [5.41, 5.74) is 2.47. The Hall–Kier alpha value is -2.57. The topological polar surface area (TPSA) is 55.1 Å². The van der Waals surface area contributed by atoms with E-state index in [2.05, 4.69) is 21.7 Å². The van der Waals surface area contributed by atoms with Gasteiger partial charge in [0.2, 0.25) is 0 Å². The van der Waals surface area contributed by atoms with Crippen molar-refractivity contribution < 1.29 is 9.21 Å². The zero-order chi connectivity index (χ0) is 17.8. The summed E-state index contributed by atoms with van der Waals surface area (Å²) in [4.78, 5) is 17.0. The minimum Gasteiger partial charge on any atom is -0.451 e. The largest absolute Gasteiger partial charge is 0.451 e. The van der Waals surface area contributed by atoms with Crippen molar-refractivity contribution in [2.45, 2.75) is 16.5 Å². The molecular formula is C20H16N2O2S2. The number of rotatable bonds is 6. The van der Waals surface area contributed by atoms with E-state index in [1.807, 2.05) is 48.5 Å². The molecule has 6 heteroatoms. The van der Waals surface area contributed by atoms with Gasteiger partial charge < -0.3 is 9.73 Å². The van der Waals surface area contributed by atoms with Crippen LogP contribution in [-0.4, -0.2) is 10.9 Å². The summed E-state index contributed by atoms with van der Waals surface area (Å²) in [5.74, 6) is 0.851. The maximum absolute atomic E-state index is 12.7. The van der Waals surface area contributed by atoms with Gasteiger partial charge in [-0.1, -0.05) is 30.3 Å².